The van der Waals surface area contributed by atoms with Crippen molar-refractivity contribution in [1.82, 2.24) is 0 Å². The summed E-state index contributed by atoms with van der Waals surface area (Å²) in [6.07, 6.45) is 0. The summed E-state index contributed by atoms with van der Waals surface area (Å²) in [5.74, 6) is -1.84. The summed E-state index contributed by atoms with van der Waals surface area (Å²) in [7, 11) is 0. The number of halogens is 5. The largest absolute Gasteiger partial charge is 0.204 e. The van der Waals surface area contributed by atoms with E-state index in [1.807, 2.05) is 0 Å². The molecule has 0 aliphatic carbocycles. The fraction of sp³-hybridized carbons (Fsp3) is 0.0769. The summed E-state index contributed by atoms with van der Waals surface area (Å²) in [4.78, 5) is 0. The average Bonchev–Trinajstić information content (AvgIpc) is 2.35. The van der Waals surface area contributed by atoms with Gasteiger partial charge in [-0.1, -0.05) is 35.3 Å². The van der Waals surface area contributed by atoms with Crippen molar-refractivity contribution in [2.24, 2.45) is 0 Å². The van der Waals surface area contributed by atoms with Crippen LogP contribution in [0.5, 0.6) is 0 Å². The van der Waals surface area contributed by atoms with Gasteiger partial charge in [0, 0.05) is 0 Å². The minimum absolute atomic E-state index is 0.363. The van der Waals surface area contributed by atoms with Gasteiger partial charge >= 0.3 is 0 Å². The Labute approximate surface area is 118 Å². The van der Waals surface area contributed by atoms with E-state index in [1.165, 1.54) is 6.07 Å². The van der Waals surface area contributed by atoms with E-state index in [0.717, 1.165) is 12.1 Å². The third-order valence-electron chi connectivity index (χ3n) is 2.47. The molecule has 1 atom stereocenters. The van der Waals surface area contributed by atoms with Crippen LogP contribution in [-0.2, 0) is 0 Å². The molecule has 0 heterocycles. The van der Waals surface area contributed by atoms with Gasteiger partial charge in [-0.3, -0.25) is 0 Å². The average molecular weight is 308 g/mol. The first-order valence-electron chi connectivity index (χ1n) is 5.03. The molecular formula is C13H7Cl3F2. The van der Waals surface area contributed by atoms with Crippen molar-refractivity contribution in [3.8, 4) is 0 Å². The first-order valence-corrected chi connectivity index (χ1v) is 6.22. The Morgan fingerprint density at radius 3 is 2.00 bits per heavy atom. The highest BCUT2D eigenvalue weighted by molar-refractivity contribution is 6.42. The molecule has 2 aromatic rings. The van der Waals surface area contributed by atoms with Gasteiger partial charge in [-0.2, -0.15) is 0 Å². The molecule has 0 radical (unpaired) electrons. The first-order chi connectivity index (χ1) is 8.49. The van der Waals surface area contributed by atoms with Gasteiger partial charge in [-0.15, -0.1) is 11.6 Å². The van der Waals surface area contributed by atoms with Crippen LogP contribution in [0.25, 0.3) is 0 Å². The summed E-state index contributed by atoms with van der Waals surface area (Å²) in [5.41, 5.74) is 1.12. The van der Waals surface area contributed by atoms with Crippen LogP contribution in [0.4, 0.5) is 8.78 Å². The molecule has 0 amide bonds. The Bertz CT molecular complexity index is 533. The SMILES string of the molecule is Fc1ccc(C(Cl)c2ccc(Cl)c(Cl)c2)cc1F. The van der Waals surface area contributed by atoms with Crippen molar-refractivity contribution >= 4 is 34.8 Å². The van der Waals surface area contributed by atoms with Gasteiger partial charge < -0.3 is 0 Å². The van der Waals surface area contributed by atoms with Gasteiger partial charge in [0.25, 0.3) is 0 Å². The normalized spacial score (nSPS) is 12.5. The van der Waals surface area contributed by atoms with E-state index in [4.69, 9.17) is 34.8 Å². The minimum Gasteiger partial charge on any atom is -0.204 e. The molecule has 0 saturated heterocycles. The van der Waals surface area contributed by atoms with E-state index in [0.29, 0.717) is 21.2 Å². The molecule has 0 N–H and O–H groups in total. The summed E-state index contributed by atoms with van der Waals surface area (Å²) in [6.45, 7) is 0. The highest BCUT2D eigenvalue weighted by Crippen LogP contribution is 2.33. The fourth-order valence-electron chi connectivity index (χ4n) is 1.53. The van der Waals surface area contributed by atoms with E-state index in [-0.39, 0.29) is 0 Å². The zero-order valence-electron chi connectivity index (χ0n) is 8.93. The Morgan fingerprint density at radius 2 is 1.39 bits per heavy atom. The molecule has 0 aliphatic heterocycles. The summed E-state index contributed by atoms with van der Waals surface area (Å²) in [5, 5.41) is 0.159. The third-order valence-corrected chi connectivity index (χ3v) is 3.72. The predicted octanol–water partition coefficient (Wildman–Crippen LogP) is 5.60. The Morgan fingerprint density at radius 1 is 0.778 bits per heavy atom. The van der Waals surface area contributed by atoms with Crippen LogP contribution in [-0.4, -0.2) is 0 Å². The standard InChI is InChI=1S/C13H7Cl3F2/c14-9-3-1-7(5-10(9)15)13(16)8-2-4-11(17)12(18)6-8/h1-6,13H. The van der Waals surface area contributed by atoms with Gasteiger partial charge in [0.1, 0.15) is 0 Å². The minimum atomic E-state index is -0.932. The maximum atomic E-state index is 13.1. The molecule has 0 spiro atoms. The molecule has 94 valence electrons. The van der Waals surface area contributed by atoms with Crippen molar-refractivity contribution in [3.05, 3.63) is 69.2 Å². The highest BCUT2D eigenvalue weighted by atomic mass is 35.5. The van der Waals surface area contributed by atoms with Crippen LogP contribution in [0.1, 0.15) is 16.5 Å². The topological polar surface area (TPSA) is 0 Å². The van der Waals surface area contributed by atoms with Crippen LogP contribution >= 0.6 is 34.8 Å². The van der Waals surface area contributed by atoms with Gasteiger partial charge in [-0.25, -0.2) is 8.78 Å². The lowest BCUT2D eigenvalue weighted by molar-refractivity contribution is 0.507. The molecule has 18 heavy (non-hydrogen) atoms. The Kier molecular flexibility index (Phi) is 4.10. The van der Waals surface area contributed by atoms with Crippen LogP contribution in [0.2, 0.25) is 10.0 Å². The number of alkyl halides is 1. The molecule has 0 nitrogen and oxygen atoms in total. The molecule has 2 aromatic carbocycles. The van der Waals surface area contributed by atoms with Crippen LogP contribution in [0.3, 0.4) is 0 Å². The molecule has 5 heteroatoms. The molecular weight excluding hydrogens is 300 g/mol. The fourth-order valence-corrected chi connectivity index (χ4v) is 2.11. The maximum Gasteiger partial charge on any atom is 0.159 e. The van der Waals surface area contributed by atoms with Crippen molar-refractivity contribution < 1.29 is 8.78 Å². The monoisotopic (exact) mass is 306 g/mol. The Balaban J connectivity index is 2.37. The van der Waals surface area contributed by atoms with E-state index < -0.39 is 17.0 Å². The first kappa shape index (κ1) is 13.6. The quantitative estimate of drug-likeness (QED) is 0.633. The van der Waals surface area contributed by atoms with E-state index in [1.54, 1.807) is 18.2 Å². The van der Waals surface area contributed by atoms with Gasteiger partial charge in [0.2, 0.25) is 0 Å². The zero-order valence-corrected chi connectivity index (χ0v) is 11.2. The molecule has 0 bridgehead atoms. The molecule has 0 aliphatic rings. The van der Waals surface area contributed by atoms with Crippen LogP contribution in [0.15, 0.2) is 36.4 Å². The number of hydrogen-bond acceptors (Lipinski definition) is 0. The second-order valence-corrected chi connectivity index (χ2v) is 4.96. The van der Waals surface area contributed by atoms with Crippen molar-refractivity contribution in [3.63, 3.8) is 0 Å². The predicted molar refractivity (Wildman–Crippen MR) is 70.5 cm³/mol. The lowest BCUT2D eigenvalue weighted by Gasteiger charge is -2.11. The second kappa shape index (κ2) is 5.43. The third kappa shape index (κ3) is 2.77. The van der Waals surface area contributed by atoms with E-state index >= 15 is 0 Å². The summed E-state index contributed by atoms with van der Waals surface area (Å²) < 4.78 is 25.9. The van der Waals surface area contributed by atoms with Crippen LogP contribution < -0.4 is 0 Å². The van der Waals surface area contributed by atoms with Crippen molar-refractivity contribution in [2.75, 3.05) is 0 Å². The van der Waals surface area contributed by atoms with Crippen LogP contribution in [0, 0.1) is 11.6 Å². The van der Waals surface area contributed by atoms with E-state index in [9.17, 15) is 8.78 Å². The zero-order chi connectivity index (χ0) is 13.3. The lowest BCUT2D eigenvalue weighted by atomic mass is 10.0. The van der Waals surface area contributed by atoms with Gasteiger partial charge in [0.15, 0.2) is 11.6 Å². The smallest absolute Gasteiger partial charge is 0.159 e. The van der Waals surface area contributed by atoms with Gasteiger partial charge in [-0.05, 0) is 35.4 Å². The molecule has 0 fully saturated rings. The van der Waals surface area contributed by atoms with E-state index in [2.05, 4.69) is 0 Å². The maximum absolute atomic E-state index is 13.1. The summed E-state index contributed by atoms with van der Waals surface area (Å²) in [6, 6.07) is 8.43. The molecule has 0 saturated carbocycles. The highest BCUT2D eigenvalue weighted by Gasteiger charge is 2.14. The van der Waals surface area contributed by atoms with Gasteiger partial charge in [0.05, 0.1) is 15.4 Å². The number of rotatable bonds is 2. The lowest BCUT2D eigenvalue weighted by Crippen LogP contribution is -1.95. The second-order valence-electron chi connectivity index (χ2n) is 3.71. The van der Waals surface area contributed by atoms with Crippen molar-refractivity contribution in [2.45, 2.75) is 5.38 Å². The number of hydrogen-bond donors (Lipinski definition) is 0. The molecule has 1 unspecified atom stereocenters. The number of benzene rings is 2. The van der Waals surface area contributed by atoms with Crippen molar-refractivity contribution in [1.29, 1.82) is 0 Å². The molecule has 0 aromatic heterocycles. The molecule has 2 rings (SSSR count). The summed E-state index contributed by atoms with van der Waals surface area (Å²) >= 11 is 17.9. The Hall–Kier alpha value is -0.830.